The van der Waals surface area contributed by atoms with Gasteiger partial charge in [0, 0.05) is 32.6 Å². The Balaban J connectivity index is 2.56. The molecule has 0 aromatic rings. The van der Waals surface area contributed by atoms with Crippen LogP contribution in [0.3, 0.4) is 0 Å². The summed E-state index contributed by atoms with van der Waals surface area (Å²) in [5.41, 5.74) is 0.972. The minimum atomic E-state index is 0.630. The van der Waals surface area contributed by atoms with Gasteiger partial charge in [-0.15, -0.1) is 0 Å². The van der Waals surface area contributed by atoms with Crippen molar-refractivity contribution in [1.82, 2.24) is 10.2 Å². The molecule has 80 valence electrons. The second-order valence-electron chi connectivity index (χ2n) is 3.90. The van der Waals surface area contributed by atoms with Crippen LogP contribution in [0.25, 0.3) is 0 Å². The first-order valence-electron chi connectivity index (χ1n) is 5.40. The molecule has 0 unspecified atom stereocenters. The van der Waals surface area contributed by atoms with Crippen molar-refractivity contribution in [2.75, 3.05) is 14.1 Å². The Kier molecular flexibility index (Phi) is 4.50. The number of nitrogens with one attached hydrogen (secondary N) is 2. The summed E-state index contributed by atoms with van der Waals surface area (Å²) in [7, 11) is 3.96. The molecule has 0 saturated heterocycles. The predicted octanol–water partition coefficient (Wildman–Crippen LogP) is 1.96. The Bertz CT molecular complexity index is 205. The molecule has 0 aromatic heterocycles. The van der Waals surface area contributed by atoms with Gasteiger partial charge in [0.05, 0.1) is 5.70 Å². The molecule has 0 radical (unpaired) electrons. The molecule has 1 saturated carbocycles. The fourth-order valence-electron chi connectivity index (χ4n) is 2.07. The first-order valence-corrected chi connectivity index (χ1v) is 5.40. The highest BCUT2D eigenvalue weighted by Crippen LogP contribution is 2.23. The highest BCUT2D eigenvalue weighted by Gasteiger charge is 2.18. The molecule has 0 spiro atoms. The van der Waals surface area contributed by atoms with Crippen LogP contribution in [-0.2, 0) is 0 Å². The molecule has 1 fully saturated rings. The van der Waals surface area contributed by atoms with Crippen LogP contribution in [0.4, 0.5) is 0 Å². The summed E-state index contributed by atoms with van der Waals surface area (Å²) in [6, 6.07) is 0.630. The van der Waals surface area contributed by atoms with Crippen LogP contribution in [0.5, 0.6) is 0 Å². The van der Waals surface area contributed by atoms with E-state index in [4.69, 9.17) is 5.41 Å². The van der Waals surface area contributed by atoms with Crippen LogP contribution in [0.2, 0.25) is 0 Å². The standard InChI is InChI=1S/C11H21N3/c1-13-9-11(8-12)14(2)10-6-4-3-5-7-10/h8-10,12-13H,3-7H2,1-2H3/b11-9+,12-8?. The molecule has 0 amide bonds. The van der Waals surface area contributed by atoms with Crippen molar-refractivity contribution in [2.45, 2.75) is 38.1 Å². The van der Waals surface area contributed by atoms with Crippen molar-refractivity contribution in [1.29, 1.82) is 5.41 Å². The van der Waals surface area contributed by atoms with E-state index in [0.29, 0.717) is 6.04 Å². The summed E-state index contributed by atoms with van der Waals surface area (Å²) in [6.07, 6.45) is 9.89. The number of allylic oxidation sites excluding steroid dienone is 1. The SMILES string of the molecule is CN/C=C(\C=N)N(C)C1CCCCC1. The first kappa shape index (κ1) is 11.1. The van der Waals surface area contributed by atoms with E-state index in [1.807, 2.05) is 13.2 Å². The van der Waals surface area contributed by atoms with E-state index in [-0.39, 0.29) is 0 Å². The third kappa shape index (κ3) is 2.76. The van der Waals surface area contributed by atoms with Gasteiger partial charge >= 0.3 is 0 Å². The molecule has 3 nitrogen and oxygen atoms in total. The van der Waals surface area contributed by atoms with Crippen molar-refractivity contribution < 1.29 is 0 Å². The molecule has 0 bridgehead atoms. The second-order valence-corrected chi connectivity index (χ2v) is 3.90. The summed E-state index contributed by atoms with van der Waals surface area (Å²) >= 11 is 0. The van der Waals surface area contributed by atoms with E-state index in [1.165, 1.54) is 38.3 Å². The summed E-state index contributed by atoms with van der Waals surface area (Å²) < 4.78 is 0. The zero-order valence-corrected chi connectivity index (χ0v) is 9.21. The highest BCUT2D eigenvalue weighted by atomic mass is 15.1. The lowest BCUT2D eigenvalue weighted by Crippen LogP contribution is -2.33. The molecule has 1 aliphatic carbocycles. The zero-order valence-electron chi connectivity index (χ0n) is 9.21. The second kappa shape index (κ2) is 5.68. The maximum absolute atomic E-state index is 7.34. The van der Waals surface area contributed by atoms with Crippen molar-refractivity contribution >= 4 is 6.21 Å². The fourth-order valence-corrected chi connectivity index (χ4v) is 2.07. The molecular formula is C11H21N3. The minimum Gasteiger partial charge on any atom is -0.392 e. The van der Waals surface area contributed by atoms with Crippen LogP contribution in [-0.4, -0.2) is 31.3 Å². The van der Waals surface area contributed by atoms with Gasteiger partial charge in [-0.05, 0) is 12.8 Å². The fraction of sp³-hybridized carbons (Fsp3) is 0.727. The molecule has 3 heteroatoms. The molecule has 0 aliphatic heterocycles. The van der Waals surface area contributed by atoms with Gasteiger partial charge < -0.3 is 15.6 Å². The van der Waals surface area contributed by atoms with Crippen molar-refractivity contribution in [3.63, 3.8) is 0 Å². The van der Waals surface area contributed by atoms with Crippen LogP contribution in [0, 0.1) is 5.41 Å². The van der Waals surface area contributed by atoms with Crippen LogP contribution in [0.1, 0.15) is 32.1 Å². The summed E-state index contributed by atoms with van der Waals surface area (Å²) in [5, 5.41) is 10.3. The Morgan fingerprint density at radius 2 is 2.00 bits per heavy atom. The van der Waals surface area contributed by atoms with Gasteiger partial charge in [-0.1, -0.05) is 19.3 Å². The molecule has 0 aromatic carbocycles. The van der Waals surface area contributed by atoms with Gasteiger partial charge in [-0.2, -0.15) is 0 Å². The maximum Gasteiger partial charge on any atom is 0.0704 e. The topological polar surface area (TPSA) is 39.1 Å². The van der Waals surface area contributed by atoms with Gasteiger partial charge in [0.1, 0.15) is 0 Å². The van der Waals surface area contributed by atoms with Crippen molar-refractivity contribution in [2.24, 2.45) is 0 Å². The number of nitrogens with zero attached hydrogens (tertiary/aromatic N) is 1. The monoisotopic (exact) mass is 195 g/mol. The Morgan fingerprint density at radius 3 is 2.50 bits per heavy atom. The van der Waals surface area contributed by atoms with Crippen molar-refractivity contribution in [3.05, 3.63) is 11.9 Å². The van der Waals surface area contributed by atoms with Crippen LogP contribution in [0.15, 0.2) is 11.9 Å². The van der Waals surface area contributed by atoms with E-state index in [2.05, 4.69) is 17.3 Å². The third-order valence-corrected chi connectivity index (χ3v) is 2.97. The quantitative estimate of drug-likeness (QED) is 0.673. The van der Waals surface area contributed by atoms with Crippen molar-refractivity contribution in [3.8, 4) is 0 Å². The lowest BCUT2D eigenvalue weighted by atomic mass is 9.94. The Hall–Kier alpha value is -0.990. The highest BCUT2D eigenvalue weighted by molar-refractivity contribution is 5.74. The summed E-state index contributed by atoms with van der Waals surface area (Å²) in [4.78, 5) is 2.22. The Morgan fingerprint density at radius 1 is 1.36 bits per heavy atom. The van der Waals surface area contributed by atoms with E-state index in [0.717, 1.165) is 5.70 Å². The summed E-state index contributed by atoms with van der Waals surface area (Å²) in [6.45, 7) is 0. The van der Waals surface area contributed by atoms with Gasteiger partial charge in [0.15, 0.2) is 0 Å². The molecular weight excluding hydrogens is 174 g/mol. The van der Waals surface area contributed by atoms with E-state index in [9.17, 15) is 0 Å². The van der Waals surface area contributed by atoms with E-state index >= 15 is 0 Å². The number of hydrogen-bond donors (Lipinski definition) is 2. The normalized spacial score (nSPS) is 19.1. The average molecular weight is 195 g/mol. The van der Waals surface area contributed by atoms with Crippen LogP contribution < -0.4 is 5.32 Å². The lowest BCUT2D eigenvalue weighted by molar-refractivity contribution is 0.245. The number of rotatable bonds is 4. The zero-order chi connectivity index (χ0) is 10.4. The molecule has 1 rings (SSSR count). The van der Waals surface area contributed by atoms with E-state index < -0.39 is 0 Å². The minimum absolute atomic E-state index is 0.630. The third-order valence-electron chi connectivity index (χ3n) is 2.97. The smallest absolute Gasteiger partial charge is 0.0704 e. The average Bonchev–Trinajstić information content (AvgIpc) is 2.26. The molecule has 0 atom stereocenters. The van der Waals surface area contributed by atoms with Gasteiger partial charge in [0.25, 0.3) is 0 Å². The largest absolute Gasteiger partial charge is 0.392 e. The lowest BCUT2D eigenvalue weighted by Gasteiger charge is -2.33. The Labute approximate surface area is 86.7 Å². The maximum atomic E-state index is 7.34. The predicted molar refractivity (Wildman–Crippen MR) is 60.6 cm³/mol. The molecule has 14 heavy (non-hydrogen) atoms. The number of hydrogen-bond acceptors (Lipinski definition) is 3. The summed E-state index contributed by atoms with van der Waals surface area (Å²) in [5.74, 6) is 0. The van der Waals surface area contributed by atoms with E-state index in [1.54, 1.807) is 0 Å². The van der Waals surface area contributed by atoms with Crippen LogP contribution >= 0.6 is 0 Å². The van der Waals surface area contributed by atoms with Gasteiger partial charge in [-0.3, -0.25) is 0 Å². The van der Waals surface area contributed by atoms with Gasteiger partial charge in [-0.25, -0.2) is 0 Å². The molecule has 1 aliphatic rings. The first-order chi connectivity index (χ1) is 6.79. The molecule has 0 heterocycles. The molecule has 2 N–H and O–H groups in total. The van der Waals surface area contributed by atoms with Gasteiger partial charge in [0.2, 0.25) is 0 Å².